The van der Waals surface area contributed by atoms with E-state index in [0.717, 1.165) is 19.4 Å². The SMILES string of the molecule is O=C(NCCc1noc(C2CCCO2)n1)c1cn[nH]n1. The van der Waals surface area contributed by atoms with Crippen LogP contribution in [0.2, 0.25) is 0 Å². The van der Waals surface area contributed by atoms with Gasteiger partial charge >= 0.3 is 0 Å². The van der Waals surface area contributed by atoms with Crippen LogP contribution in [0.1, 0.15) is 41.1 Å². The van der Waals surface area contributed by atoms with Gasteiger partial charge in [-0.15, -0.1) is 0 Å². The lowest BCUT2D eigenvalue weighted by atomic mass is 10.2. The Labute approximate surface area is 114 Å². The van der Waals surface area contributed by atoms with Gasteiger partial charge in [-0.05, 0) is 12.8 Å². The number of nitrogens with one attached hydrogen (secondary N) is 2. The van der Waals surface area contributed by atoms with Gasteiger partial charge in [-0.25, -0.2) is 0 Å². The van der Waals surface area contributed by atoms with Crippen LogP contribution in [0.5, 0.6) is 0 Å². The first kappa shape index (κ1) is 12.7. The lowest BCUT2D eigenvalue weighted by molar-refractivity contribution is 0.0835. The van der Waals surface area contributed by atoms with E-state index in [1.807, 2.05) is 0 Å². The third-order valence-electron chi connectivity index (χ3n) is 2.97. The molecule has 2 aromatic heterocycles. The highest BCUT2D eigenvalue weighted by Gasteiger charge is 2.23. The van der Waals surface area contributed by atoms with Crippen molar-refractivity contribution in [3.8, 4) is 0 Å². The maximum atomic E-state index is 11.6. The summed E-state index contributed by atoms with van der Waals surface area (Å²) in [6.45, 7) is 1.13. The minimum Gasteiger partial charge on any atom is -0.368 e. The van der Waals surface area contributed by atoms with Gasteiger partial charge in [0.05, 0.1) is 6.20 Å². The van der Waals surface area contributed by atoms with Gasteiger partial charge in [0.15, 0.2) is 11.5 Å². The molecular formula is C11H14N6O3. The van der Waals surface area contributed by atoms with Gasteiger partial charge in [0.1, 0.15) is 6.10 Å². The van der Waals surface area contributed by atoms with Crippen LogP contribution in [0.3, 0.4) is 0 Å². The molecule has 0 spiro atoms. The summed E-state index contributed by atoms with van der Waals surface area (Å²) in [4.78, 5) is 15.9. The minimum absolute atomic E-state index is 0.0824. The van der Waals surface area contributed by atoms with Crippen LogP contribution in [0.15, 0.2) is 10.7 Å². The van der Waals surface area contributed by atoms with Crippen LogP contribution in [0.25, 0.3) is 0 Å². The molecule has 0 aromatic carbocycles. The van der Waals surface area contributed by atoms with E-state index in [9.17, 15) is 4.79 Å². The Bertz CT molecular complexity index is 560. The normalized spacial score (nSPS) is 18.3. The Morgan fingerprint density at radius 2 is 2.50 bits per heavy atom. The number of hydrogen-bond donors (Lipinski definition) is 2. The molecule has 9 heteroatoms. The quantitative estimate of drug-likeness (QED) is 0.790. The standard InChI is InChI=1S/C11H14N6O3/c18-10(7-6-13-17-15-7)12-4-3-9-14-11(20-16-9)8-2-1-5-19-8/h6,8H,1-5H2,(H,12,18)(H,13,15,17). The average Bonchev–Trinajstić information content (AvgIpc) is 3.20. The fraction of sp³-hybridized carbons (Fsp3) is 0.545. The fourth-order valence-electron chi connectivity index (χ4n) is 1.96. The largest absolute Gasteiger partial charge is 0.368 e. The second-order valence-electron chi connectivity index (χ2n) is 4.41. The second kappa shape index (κ2) is 5.78. The molecule has 1 atom stereocenters. The maximum Gasteiger partial charge on any atom is 0.273 e. The van der Waals surface area contributed by atoms with Crippen LogP contribution in [-0.2, 0) is 11.2 Å². The molecule has 0 saturated carbocycles. The van der Waals surface area contributed by atoms with E-state index in [2.05, 4.69) is 30.9 Å². The maximum absolute atomic E-state index is 11.6. The van der Waals surface area contributed by atoms with E-state index >= 15 is 0 Å². The monoisotopic (exact) mass is 278 g/mol. The Hall–Kier alpha value is -2.29. The fourth-order valence-corrected chi connectivity index (χ4v) is 1.96. The molecule has 1 unspecified atom stereocenters. The molecule has 20 heavy (non-hydrogen) atoms. The van der Waals surface area contributed by atoms with Crippen molar-refractivity contribution in [1.82, 2.24) is 30.9 Å². The van der Waals surface area contributed by atoms with Gasteiger partial charge < -0.3 is 14.6 Å². The molecule has 3 rings (SSSR count). The molecule has 1 saturated heterocycles. The average molecular weight is 278 g/mol. The van der Waals surface area contributed by atoms with Crippen LogP contribution in [0, 0.1) is 0 Å². The van der Waals surface area contributed by atoms with E-state index in [-0.39, 0.29) is 17.7 Å². The van der Waals surface area contributed by atoms with E-state index in [1.54, 1.807) is 0 Å². The lowest BCUT2D eigenvalue weighted by Gasteiger charge is -2.01. The number of aromatic nitrogens is 5. The molecular weight excluding hydrogens is 264 g/mol. The Balaban J connectivity index is 1.48. The van der Waals surface area contributed by atoms with Gasteiger partial charge in [-0.3, -0.25) is 4.79 Å². The van der Waals surface area contributed by atoms with Crippen molar-refractivity contribution >= 4 is 5.91 Å². The number of aromatic amines is 1. The van der Waals surface area contributed by atoms with E-state index < -0.39 is 0 Å². The molecule has 1 aliphatic rings. The highest BCUT2D eigenvalue weighted by atomic mass is 16.5. The molecule has 2 N–H and O–H groups in total. The molecule has 1 fully saturated rings. The first-order valence-electron chi connectivity index (χ1n) is 6.41. The molecule has 9 nitrogen and oxygen atoms in total. The first-order valence-corrected chi connectivity index (χ1v) is 6.41. The highest BCUT2D eigenvalue weighted by Crippen LogP contribution is 2.26. The summed E-state index contributed by atoms with van der Waals surface area (Å²) in [6.07, 6.45) is 3.68. The third kappa shape index (κ3) is 2.82. The van der Waals surface area contributed by atoms with Crippen LogP contribution in [0.4, 0.5) is 0 Å². The van der Waals surface area contributed by atoms with Gasteiger partial charge in [0.2, 0.25) is 0 Å². The van der Waals surface area contributed by atoms with Crippen molar-refractivity contribution < 1.29 is 14.1 Å². The number of amides is 1. The Morgan fingerprint density at radius 3 is 3.25 bits per heavy atom. The summed E-state index contributed by atoms with van der Waals surface area (Å²) in [6, 6.07) is 0. The number of H-pyrrole nitrogens is 1. The van der Waals surface area contributed by atoms with Crippen molar-refractivity contribution in [3.05, 3.63) is 23.6 Å². The summed E-state index contributed by atoms with van der Waals surface area (Å²) in [7, 11) is 0. The topological polar surface area (TPSA) is 119 Å². The summed E-state index contributed by atoms with van der Waals surface area (Å²) in [5.41, 5.74) is 0.248. The smallest absolute Gasteiger partial charge is 0.273 e. The molecule has 0 radical (unpaired) electrons. The number of rotatable bonds is 5. The predicted molar refractivity (Wildman–Crippen MR) is 64.6 cm³/mol. The summed E-state index contributed by atoms with van der Waals surface area (Å²) in [5.74, 6) is 0.776. The molecule has 1 aliphatic heterocycles. The van der Waals surface area contributed by atoms with Gasteiger partial charge in [0.25, 0.3) is 11.8 Å². The Kier molecular flexibility index (Phi) is 3.68. The molecule has 0 aliphatic carbocycles. The van der Waals surface area contributed by atoms with Crippen molar-refractivity contribution in [2.45, 2.75) is 25.4 Å². The van der Waals surface area contributed by atoms with Crippen molar-refractivity contribution in [2.24, 2.45) is 0 Å². The zero-order valence-corrected chi connectivity index (χ0v) is 10.7. The van der Waals surface area contributed by atoms with Crippen molar-refractivity contribution in [1.29, 1.82) is 0 Å². The number of carbonyl (C=O) groups is 1. The third-order valence-corrected chi connectivity index (χ3v) is 2.97. The molecule has 1 amide bonds. The number of nitrogens with zero attached hydrogens (tertiary/aromatic N) is 4. The Morgan fingerprint density at radius 1 is 1.55 bits per heavy atom. The van der Waals surface area contributed by atoms with Crippen LogP contribution >= 0.6 is 0 Å². The summed E-state index contributed by atoms with van der Waals surface area (Å²) in [5, 5.41) is 16.2. The predicted octanol–water partition coefficient (Wildman–Crippen LogP) is 0.0117. The molecule has 0 bridgehead atoms. The highest BCUT2D eigenvalue weighted by molar-refractivity contribution is 5.91. The van der Waals surface area contributed by atoms with Crippen LogP contribution < -0.4 is 5.32 Å². The summed E-state index contributed by atoms with van der Waals surface area (Å²) >= 11 is 0. The second-order valence-corrected chi connectivity index (χ2v) is 4.41. The molecule has 106 valence electrons. The minimum atomic E-state index is -0.290. The first-order chi connectivity index (χ1) is 9.83. The lowest BCUT2D eigenvalue weighted by Crippen LogP contribution is -2.26. The molecule has 2 aromatic rings. The van der Waals surface area contributed by atoms with Crippen LogP contribution in [-0.4, -0.2) is 44.6 Å². The van der Waals surface area contributed by atoms with Gasteiger partial charge in [-0.1, -0.05) is 5.16 Å². The van der Waals surface area contributed by atoms with Gasteiger partial charge in [-0.2, -0.15) is 20.4 Å². The number of ether oxygens (including phenoxy) is 1. The zero-order chi connectivity index (χ0) is 13.8. The van der Waals surface area contributed by atoms with E-state index in [0.29, 0.717) is 24.7 Å². The molecule has 3 heterocycles. The number of hydrogen-bond acceptors (Lipinski definition) is 7. The van der Waals surface area contributed by atoms with Crippen molar-refractivity contribution in [3.63, 3.8) is 0 Å². The summed E-state index contributed by atoms with van der Waals surface area (Å²) < 4.78 is 10.6. The van der Waals surface area contributed by atoms with E-state index in [4.69, 9.17) is 9.26 Å². The van der Waals surface area contributed by atoms with Gasteiger partial charge in [0, 0.05) is 19.6 Å². The van der Waals surface area contributed by atoms with Crippen molar-refractivity contribution in [2.75, 3.05) is 13.2 Å². The number of carbonyl (C=O) groups excluding carboxylic acids is 1. The van der Waals surface area contributed by atoms with E-state index in [1.165, 1.54) is 6.20 Å². The zero-order valence-electron chi connectivity index (χ0n) is 10.7.